The van der Waals surface area contributed by atoms with Gasteiger partial charge in [-0.25, -0.2) is 8.42 Å². The molecule has 0 aromatic heterocycles. The summed E-state index contributed by atoms with van der Waals surface area (Å²) in [5.41, 5.74) is 0.822. The molecule has 2 aliphatic carbocycles. The second-order valence-electron chi connectivity index (χ2n) is 4.89. The van der Waals surface area contributed by atoms with E-state index in [1.807, 2.05) is 0 Å². The third kappa shape index (κ3) is 3.94. The van der Waals surface area contributed by atoms with E-state index in [4.69, 9.17) is 16.1 Å². The fraction of sp³-hybridized carbons (Fsp3) is 0.462. The lowest BCUT2D eigenvalue weighted by atomic mass is 10.1. The van der Waals surface area contributed by atoms with Gasteiger partial charge in [0.05, 0.1) is 10.6 Å². The number of hydrogen-bond acceptors (Lipinski definition) is 4. The molecule has 2 aliphatic rings. The van der Waals surface area contributed by atoms with Crippen LogP contribution in [-0.2, 0) is 9.05 Å². The normalized spacial score (nSPS) is 22.9. The second kappa shape index (κ2) is 5.92. The molecule has 0 atom stereocenters. The molecule has 1 fully saturated rings. The molecule has 0 aliphatic heterocycles. The van der Waals surface area contributed by atoms with E-state index in [-0.39, 0.29) is 10.6 Å². The monoisotopic (exact) mass is 300 g/mol. The van der Waals surface area contributed by atoms with Crippen LogP contribution in [0.2, 0.25) is 0 Å². The van der Waals surface area contributed by atoms with Gasteiger partial charge in [-0.3, -0.25) is 0 Å². The molecule has 0 amide bonds. The van der Waals surface area contributed by atoms with Gasteiger partial charge in [0.15, 0.2) is 0 Å². The van der Waals surface area contributed by atoms with E-state index in [0.29, 0.717) is 11.5 Å². The summed E-state index contributed by atoms with van der Waals surface area (Å²) in [5, 5.41) is 10.9. The molecule has 0 saturated heterocycles. The summed E-state index contributed by atoms with van der Waals surface area (Å²) in [6.45, 7) is 0.872. The van der Waals surface area contributed by atoms with Gasteiger partial charge in [0, 0.05) is 29.0 Å². The first-order chi connectivity index (χ1) is 8.97. The van der Waals surface area contributed by atoms with E-state index in [1.165, 1.54) is 43.9 Å². The minimum atomic E-state index is -3.74. The molecule has 19 heavy (non-hydrogen) atoms. The van der Waals surface area contributed by atoms with Gasteiger partial charge < -0.3 is 10.7 Å². The average molecular weight is 301 g/mol. The van der Waals surface area contributed by atoms with Crippen LogP contribution in [0.15, 0.2) is 34.9 Å². The first-order valence-corrected chi connectivity index (χ1v) is 8.64. The molecule has 0 spiro atoms. The van der Waals surface area contributed by atoms with Gasteiger partial charge in [-0.1, -0.05) is 12.8 Å². The zero-order valence-corrected chi connectivity index (χ0v) is 12.1. The summed E-state index contributed by atoms with van der Waals surface area (Å²) in [5.74, 6) is 0.686. The molecular formula is C13H17ClN2O2S. The van der Waals surface area contributed by atoms with Crippen LogP contribution in [-0.4, -0.2) is 20.7 Å². The Morgan fingerprint density at radius 3 is 2.68 bits per heavy atom. The molecule has 0 bridgehead atoms. The molecule has 0 aromatic rings. The van der Waals surface area contributed by atoms with Crippen molar-refractivity contribution in [2.24, 2.45) is 5.92 Å². The van der Waals surface area contributed by atoms with Crippen LogP contribution in [0.1, 0.15) is 25.7 Å². The Bertz CT molecular complexity index is 555. The molecule has 2 N–H and O–H groups in total. The van der Waals surface area contributed by atoms with Crippen LogP contribution in [0, 0.1) is 11.3 Å². The number of allylic oxidation sites excluding steroid dienone is 4. The fourth-order valence-electron chi connectivity index (χ4n) is 2.36. The predicted molar refractivity (Wildman–Crippen MR) is 77.8 cm³/mol. The zero-order valence-electron chi connectivity index (χ0n) is 10.5. The van der Waals surface area contributed by atoms with E-state index in [9.17, 15) is 8.42 Å². The molecule has 0 unspecified atom stereocenters. The van der Waals surface area contributed by atoms with Crippen molar-refractivity contribution in [2.45, 2.75) is 25.7 Å². The van der Waals surface area contributed by atoms with Crippen molar-refractivity contribution in [2.75, 3.05) is 6.54 Å². The first-order valence-electron chi connectivity index (χ1n) is 6.34. The van der Waals surface area contributed by atoms with Crippen LogP contribution in [0.3, 0.4) is 0 Å². The number of rotatable bonds is 4. The Balaban J connectivity index is 2.03. The minimum Gasteiger partial charge on any atom is -0.390 e. The van der Waals surface area contributed by atoms with E-state index < -0.39 is 9.05 Å². The van der Waals surface area contributed by atoms with Crippen molar-refractivity contribution in [3.05, 3.63) is 34.9 Å². The van der Waals surface area contributed by atoms with Crippen LogP contribution < -0.4 is 5.32 Å². The molecule has 6 heteroatoms. The van der Waals surface area contributed by atoms with Gasteiger partial charge in [-0.05, 0) is 37.0 Å². The third-order valence-corrected chi connectivity index (χ3v) is 4.79. The maximum absolute atomic E-state index is 11.2. The highest BCUT2D eigenvalue weighted by Crippen LogP contribution is 2.24. The lowest BCUT2D eigenvalue weighted by Crippen LogP contribution is -2.17. The Kier molecular flexibility index (Phi) is 4.47. The van der Waals surface area contributed by atoms with Crippen LogP contribution >= 0.6 is 10.7 Å². The highest BCUT2D eigenvalue weighted by molar-refractivity contribution is 8.17. The fourth-order valence-corrected chi connectivity index (χ4v) is 3.15. The highest BCUT2D eigenvalue weighted by Gasteiger charge is 2.17. The van der Waals surface area contributed by atoms with Gasteiger partial charge in [-0.15, -0.1) is 0 Å². The standard InChI is InChI=1S/C13H17ClN2O2S/c14-19(17,18)12-5-6-13(15)11(7-12)9-16-8-10-3-1-2-4-10/h5-7,9-10,15-16H,1-4,8H2/b11-9-,15-13?. The number of hydrogen-bond donors (Lipinski definition) is 2. The highest BCUT2D eigenvalue weighted by atomic mass is 35.7. The minimum absolute atomic E-state index is 0.0269. The van der Waals surface area contributed by atoms with Crippen molar-refractivity contribution in [1.29, 1.82) is 5.41 Å². The number of nitrogens with one attached hydrogen (secondary N) is 2. The van der Waals surface area contributed by atoms with Gasteiger partial charge in [0.2, 0.25) is 0 Å². The Morgan fingerprint density at radius 2 is 2.05 bits per heavy atom. The van der Waals surface area contributed by atoms with E-state index >= 15 is 0 Å². The van der Waals surface area contributed by atoms with Gasteiger partial charge in [0.1, 0.15) is 0 Å². The Labute approximate surface area is 118 Å². The average Bonchev–Trinajstić information content (AvgIpc) is 2.83. The molecule has 1 saturated carbocycles. The lowest BCUT2D eigenvalue weighted by Gasteiger charge is -2.11. The Hall–Kier alpha value is -1.07. The maximum atomic E-state index is 11.2. The van der Waals surface area contributed by atoms with Gasteiger partial charge in [0.25, 0.3) is 9.05 Å². The molecular weight excluding hydrogens is 284 g/mol. The first kappa shape index (κ1) is 14.3. The molecule has 0 heterocycles. The smallest absolute Gasteiger partial charge is 0.261 e. The zero-order chi connectivity index (χ0) is 13.9. The van der Waals surface area contributed by atoms with Crippen LogP contribution in [0.4, 0.5) is 0 Å². The van der Waals surface area contributed by atoms with Crippen LogP contribution in [0.5, 0.6) is 0 Å². The summed E-state index contributed by atoms with van der Waals surface area (Å²) >= 11 is 0. The quantitative estimate of drug-likeness (QED) is 0.784. The topological polar surface area (TPSA) is 70.0 Å². The largest absolute Gasteiger partial charge is 0.390 e. The molecule has 0 radical (unpaired) electrons. The van der Waals surface area contributed by atoms with Crippen molar-refractivity contribution in [3.63, 3.8) is 0 Å². The molecule has 0 aromatic carbocycles. The van der Waals surface area contributed by atoms with Gasteiger partial charge >= 0.3 is 0 Å². The molecule has 4 nitrogen and oxygen atoms in total. The maximum Gasteiger partial charge on any atom is 0.261 e. The SMILES string of the molecule is N=C1C=CC(S(=O)(=O)Cl)=C/C1=C/NCC1CCCC1. The van der Waals surface area contributed by atoms with E-state index in [0.717, 1.165) is 6.54 Å². The van der Waals surface area contributed by atoms with Crippen molar-refractivity contribution < 1.29 is 8.42 Å². The van der Waals surface area contributed by atoms with Crippen molar-refractivity contribution in [1.82, 2.24) is 5.32 Å². The molecule has 104 valence electrons. The summed E-state index contributed by atoms with van der Waals surface area (Å²) in [7, 11) is 1.56. The van der Waals surface area contributed by atoms with E-state index in [2.05, 4.69) is 5.32 Å². The Morgan fingerprint density at radius 1 is 1.37 bits per heavy atom. The van der Waals surface area contributed by atoms with Crippen molar-refractivity contribution in [3.8, 4) is 0 Å². The molecule has 2 rings (SSSR count). The van der Waals surface area contributed by atoms with E-state index in [1.54, 1.807) is 6.20 Å². The third-order valence-electron chi connectivity index (χ3n) is 3.44. The lowest BCUT2D eigenvalue weighted by molar-refractivity contribution is 0.526. The van der Waals surface area contributed by atoms with Crippen LogP contribution in [0.25, 0.3) is 0 Å². The summed E-state index contributed by atoms with van der Waals surface area (Å²) in [6.07, 6.45) is 11.0. The second-order valence-corrected chi connectivity index (χ2v) is 7.46. The number of halogens is 1. The van der Waals surface area contributed by atoms with Gasteiger partial charge in [-0.2, -0.15) is 0 Å². The summed E-state index contributed by atoms with van der Waals surface area (Å²) < 4.78 is 22.5. The van der Waals surface area contributed by atoms with Crippen molar-refractivity contribution >= 4 is 25.4 Å². The summed E-state index contributed by atoms with van der Waals surface area (Å²) in [6, 6.07) is 0. The summed E-state index contributed by atoms with van der Waals surface area (Å²) in [4.78, 5) is 0.0269. The predicted octanol–water partition coefficient (Wildman–Crippen LogP) is 2.69.